The van der Waals surface area contributed by atoms with Crippen LogP contribution in [0, 0.1) is 5.92 Å². The van der Waals surface area contributed by atoms with E-state index in [-0.39, 0.29) is 17.4 Å². The standard InChI is InChI=1S/C30H29N5O3S/c36-27-17-26(34-12-14-38-15-13-34)33-29-23(7-3-11-35(27)29)21-5-1-6-22-24-16-20(8-9-25(24)39-28(21)22)32-30(37)19-4-2-10-31-18-19/h1,3,5-9,11,16-17,19,31H,2,4,10,12-15,18H2,(H,32,37)/t19-/m0/s1. The fourth-order valence-electron chi connectivity index (χ4n) is 5.69. The number of piperidine rings is 1. The second-order valence-electron chi connectivity index (χ2n) is 10.2. The molecule has 9 heteroatoms. The molecule has 1 atom stereocenters. The molecule has 1 amide bonds. The van der Waals surface area contributed by atoms with Crippen LogP contribution in [0.2, 0.25) is 0 Å². The van der Waals surface area contributed by atoms with Crippen molar-refractivity contribution in [2.75, 3.05) is 49.6 Å². The average Bonchev–Trinajstić information content (AvgIpc) is 3.36. The van der Waals surface area contributed by atoms with Crippen LogP contribution >= 0.6 is 11.3 Å². The molecular formula is C30H29N5O3S. The summed E-state index contributed by atoms with van der Waals surface area (Å²) in [4.78, 5) is 33.0. The number of pyridine rings is 1. The van der Waals surface area contributed by atoms with Crippen LogP contribution in [0.15, 0.2) is 65.6 Å². The first-order valence-corrected chi connectivity index (χ1v) is 14.3. The lowest BCUT2D eigenvalue weighted by Gasteiger charge is -2.27. The summed E-state index contributed by atoms with van der Waals surface area (Å²) >= 11 is 1.72. The minimum atomic E-state index is -0.0968. The molecule has 0 unspecified atom stereocenters. The number of carbonyl (C=O) groups excluding carboxylic acids is 1. The topological polar surface area (TPSA) is 88.0 Å². The highest BCUT2D eigenvalue weighted by Crippen LogP contribution is 2.41. The number of aromatic nitrogens is 2. The molecular weight excluding hydrogens is 510 g/mol. The number of nitrogens with one attached hydrogen (secondary N) is 2. The highest BCUT2D eigenvalue weighted by atomic mass is 32.1. The number of anilines is 2. The fourth-order valence-corrected chi connectivity index (χ4v) is 6.90. The lowest BCUT2D eigenvalue weighted by Crippen LogP contribution is -2.37. The van der Waals surface area contributed by atoms with Gasteiger partial charge in [0, 0.05) is 68.9 Å². The third-order valence-corrected chi connectivity index (χ3v) is 8.95. The van der Waals surface area contributed by atoms with Gasteiger partial charge in [-0.2, -0.15) is 0 Å². The second kappa shape index (κ2) is 10.1. The van der Waals surface area contributed by atoms with Gasteiger partial charge in [0.1, 0.15) is 11.5 Å². The number of hydrogen-bond donors (Lipinski definition) is 2. The van der Waals surface area contributed by atoms with Crippen LogP contribution in [0.3, 0.4) is 0 Å². The SMILES string of the molecule is O=C(Nc1ccc2sc3c(-c4cccn5c(=O)cc(N6CCOCC6)nc45)cccc3c2c1)[C@H]1CCCNC1. The van der Waals surface area contributed by atoms with Crippen LogP contribution in [-0.2, 0) is 9.53 Å². The first-order chi connectivity index (χ1) is 19.2. The van der Waals surface area contributed by atoms with Gasteiger partial charge >= 0.3 is 0 Å². The van der Waals surface area contributed by atoms with Crippen LogP contribution < -0.4 is 21.1 Å². The zero-order valence-corrected chi connectivity index (χ0v) is 22.3. The molecule has 8 nitrogen and oxygen atoms in total. The zero-order valence-electron chi connectivity index (χ0n) is 21.5. The van der Waals surface area contributed by atoms with Crippen LogP contribution in [0.5, 0.6) is 0 Å². The van der Waals surface area contributed by atoms with E-state index < -0.39 is 0 Å². The molecule has 2 aliphatic heterocycles. The molecule has 198 valence electrons. The molecule has 2 N–H and O–H groups in total. The van der Waals surface area contributed by atoms with Gasteiger partial charge in [-0.05, 0) is 49.7 Å². The molecule has 5 heterocycles. The molecule has 3 aromatic heterocycles. The van der Waals surface area contributed by atoms with Crippen molar-refractivity contribution >= 4 is 54.6 Å². The number of amides is 1. The molecule has 2 aliphatic rings. The van der Waals surface area contributed by atoms with Gasteiger partial charge in [0.2, 0.25) is 5.91 Å². The Hall–Kier alpha value is -3.79. The van der Waals surface area contributed by atoms with Crippen LogP contribution in [-0.4, -0.2) is 54.7 Å². The monoisotopic (exact) mass is 539 g/mol. The summed E-state index contributed by atoms with van der Waals surface area (Å²) in [5.74, 6) is 0.767. The van der Waals surface area contributed by atoms with Gasteiger partial charge in [-0.15, -0.1) is 11.3 Å². The maximum absolute atomic E-state index is 13.1. The van der Waals surface area contributed by atoms with Crippen LogP contribution in [0.25, 0.3) is 36.9 Å². The van der Waals surface area contributed by atoms with Gasteiger partial charge in [-0.25, -0.2) is 4.98 Å². The number of nitrogens with zero attached hydrogens (tertiary/aromatic N) is 3. The minimum Gasteiger partial charge on any atom is -0.378 e. The Bertz CT molecular complexity index is 1770. The Balaban J connectivity index is 1.31. The molecule has 0 bridgehead atoms. The van der Waals surface area contributed by atoms with E-state index in [1.807, 2.05) is 18.2 Å². The van der Waals surface area contributed by atoms with Gasteiger partial charge in [0.05, 0.1) is 19.1 Å². The van der Waals surface area contributed by atoms with E-state index in [0.29, 0.717) is 37.8 Å². The highest BCUT2D eigenvalue weighted by molar-refractivity contribution is 7.26. The van der Waals surface area contributed by atoms with E-state index in [9.17, 15) is 9.59 Å². The van der Waals surface area contributed by atoms with Gasteiger partial charge in [-0.1, -0.05) is 18.2 Å². The molecule has 0 aliphatic carbocycles. The maximum Gasteiger partial charge on any atom is 0.259 e. The predicted molar refractivity (Wildman–Crippen MR) is 157 cm³/mol. The molecule has 0 radical (unpaired) electrons. The van der Waals surface area contributed by atoms with Crippen molar-refractivity contribution in [2.24, 2.45) is 5.92 Å². The largest absolute Gasteiger partial charge is 0.378 e. The minimum absolute atomic E-state index is 0.00453. The van der Waals surface area contributed by atoms with Crippen molar-refractivity contribution in [1.82, 2.24) is 14.7 Å². The number of carbonyl (C=O) groups is 1. The van der Waals surface area contributed by atoms with Crippen molar-refractivity contribution in [2.45, 2.75) is 12.8 Å². The summed E-state index contributed by atoms with van der Waals surface area (Å²) in [6.45, 7) is 4.40. The summed E-state index contributed by atoms with van der Waals surface area (Å²) in [5, 5.41) is 8.68. The lowest BCUT2D eigenvalue weighted by atomic mass is 9.98. The van der Waals surface area contributed by atoms with E-state index in [1.54, 1.807) is 28.0 Å². The number of morpholine rings is 1. The van der Waals surface area contributed by atoms with Crippen LogP contribution in [0.1, 0.15) is 12.8 Å². The molecule has 7 rings (SSSR count). The summed E-state index contributed by atoms with van der Waals surface area (Å²) in [6, 6.07) is 18.0. The zero-order chi connectivity index (χ0) is 26.3. The van der Waals surface area contributed by atoms with E-state index in [4.69, 9.17) is 9.72 Å². The molecule has 0 spiro atoms. The van der Waals surface area contributed by atoms with E-state index in [1.165, 1.54) is 0 Å². The van der Waals surface area contributed by atoms with Crippen molar-refractivity contribution in [1.29, 1.82) is 0 Å². The fraction of sp³-hybridized carbons (Fsp3) is 0.300. The molecule has 5 aromatic rings. The summed E-state index contributed by atoms with van der Waals surface area (Å²) in [5.41, 5.74) is 3.32. The third kappa shape index (κ3) is 4.46. The van der Waals surface area contributed by atoms with Gasteiger partial charge in [-0.3, -0.25) is 14.0 Å². The average molecular weight is 540 g/mol. The van der Waals surface area contributed by atoms with Gasteiger partial charge in [0.15, 0.2) is 0 Å². The second-order valence-corrected chi connectivity index (χ2v) is 11.2. The smallest absolute Gasteiger partial charge is 0.259 e. The van der Waals surface area contributed by atoms with Gasteiger partial charge < -0.3 is 20.3 Å². The number of thiophene rings is 1. The maximum atomic E-state index is 13.1. The number of benzene rings is 2. The molecule has 2 fully saturated rings. The van der Waals surface area contributed by atoms with Crippen molar-refractivity contribution < 1.29 is 9.53 Å². The third-order valence-electron chi connectivity index (χ3n) is 7.73. The Morgan fingerprint density at radius 2 is 1.92 bits per heavy atom. The first kappa shape index (κ1) is 24.3. The highest BCUT2D eigenvalue weighted by Gasteiger charge is 2.22. The Morgan fingerprint density at radius 1 is 1.05 bits per heavy atom. The van der Waals surface area contributed by atoms with E-state index in [2.05, 4.69) is 45.9 Å². The number of rotatable bonds is 4. The molecule has 0 saturated carbocycles. The summed E-state index contributed by atoms with van der Waals surface area (Å²) in [6.07, 6.45) is 3.72. The van der Waals surface area contributed by atoms with Crippen molar-refractivity contribution in [3.05, 3.63) is 71.1 Å². The number of ether oxygens (including phenoxy) is 1. The van der Waals surface area contributed by atoms with E-state index >= 15 is 0 Å². The molecule has 2 aromatic carbocycles. The normalized spacial score (nSPS) is 18.2. The van der Waals surface area contributed by atoms with Gasteiger partial charge in [0.25, 0.3) is 5.56 Å². The Kier molecular flexibility index (Phi) is 6.27. The quantitative estimate of drug-likeness (QED) is 0.350. The van der Waals surface area contributed by atoms with Crippen molar-refractivity contribution in [3.8, 4) is 11.1 Å². The predicted octanol–water partition coefficient (Wildman–Crippen LogP) is 4.50. The van der Waals surface area contributed by atoms with Crippen molar-refractivity contribution in [3.63, 3.8) is 0 Å². The molecule has 39 heavy (non-hydrogen) atoms. The van der Waals surface area contributed by atoms with Crippen LogP contribution in [0.4, 0.5) is 11.5 Å². The lowest BCUT2D eigenvalue weighted by molar-refractivity contribution is -0.120. The summed E-state index contributed by atoms with van der Waals surface area (Å²) < 4.78 is 9.39. The van der Waals surface area contributed by atoms with E-state index in [0.717, 1.165) is 62.9 Å². The Labute approximate surface area is 229 Å². The number of hydrogen-bond acceptors (Lipinski definition) is 7. The molecule has 2 saturated heterocycles. The Morgan fingerprint density at radius 3 is 2.77 bits per heavy atom. The summed E-state index contributed by atoms with van der Waals surface area (Å²) in [7, 11) is 0. The first-order valence-electron chi connectivity index (χ1n) is 13.5. The number of fused-ring (bicyclic) bond motifs is 4.